The smallest absolute Gasteiger partial charge is 0.173 e. The van der Waals surface area contributed by atoms with Crippen molar-refractivity contribution in [1.82, 2.24) is 4.98 Å². The number of rotatable bonds is 2. The molecule has 1 atom stereocenters. The van der Waals surface area contributed by atoms with Gasteiger partial charge in [-0.25, -0.2) is 13.4 Å². The minimum absolute atomic E-state index is 0.0925. The van der Waals surface area contributed by atoms with E-state index in [9.17, 15) is 8.42 Å². The molecular formula is C9H11N3O2S. The summed E-state index contributed by atoms with van der Waals surface area (Å²) in [5, 5.41) is 4.28. The van der Waals surface area contributed by atoms with Crippen molar-refractivity contribution >= 4 is 21.3 Å². The van der Waals surface area contributed by atoms with Gasteiger partial charge in [-0.1, -0.05) is 6.08 Å². The van der Waals surface area contributed by atoms with Gasteiger partial charge in [0.25, 0.3) is 0 Å². The average Bonchev–Trinajstić information content (AvgIpc) is 2.45. The molecule has 15 heavy (non-hydrogen) atoms. The van der Waals surface area contributed by atoms with Crippen LogP contribution in [0.15, 0.2) is 29.8 Å². The van der Waals surface area contributed by atoms with Crippen LogP contribution in [0.5, 0.6) is 0 Å². The summed E-state index contributed by atoms with van der Waals surface area (Å²) in [5.74, 6) is 0.500. The van der Waals surface area contributed by atoms with Gasteiger partial charge in [0, 0.05) is 23.4 Å². The third-order valence-electron chi connectivity index (χ3n) is 2.06. The first kappa shape index (κ1) is 9.97. The minimum Gasteiger partial charge on any atom is -0.384 e. The van der Waals surface area contributed by atoms with Crippen molar-refractivity contribution < 1.29 is 8.42 Å². The second-order valence-electron chi connectivity index (χ2n) is 3.38. The summed E-state index contributed by atoms with van der Waals surface area (Å²) in [7, 11) is -3.02. The number of aromatic nitrogens is 1. The van der Waals surface area contributed by atoms with Crippen LogP contribution < -0.4 is 11.1 Å². The summed E-state index contributed by atoms with van der Waals surface area (Å²) in [4.78, 5) is 3.84. The van der Waals surface area contributed by atoms with Gasteiger partial charge in [0.15, 0.2) is 9.84 Å². The molecule has 1 aliphatic rings. The van der Waals surface area contributed by atoms with E-state index in [1.165, 1.54) is 5.41 Å². The molecule has 0 saturated heterocycles. The number of nitrogen functional groups attached to an aromatic ring is 1. The molecule has 2 rings (SSSR count). The fraction of sp³-hybridized carbons (Fsp3) is 0.222. The molecule has 0 amide bonds. The lowest BCUT2D eigenvalue weighted by molar-refractivity contribution is 0.605. The highest BCUT2D eigenvalue weighted by Crippen LogP contribution is 2.15. The molecule has 1 aromatic rings. The second kappa shape index (κ2) is 3.54. The molecule has 0 spiro atoms. The quantitative estimate of drug-likeness (QED) is 0.760. The summed E-state index contributed by atoms with van der Waals surface area (Å²) in [5.41, 5.74) is 6.27. The van der Waals surface area contributed by atoms with Gasteiger partial charge in [-0.15, -0.1) is 0 Å². The summed E-state index contributed by atoms with van der Waals surface area (Å²) in [6.07, 6.45) is 3.21. The van der Waals surface area contributed by atoms with E-state index < -0.39 is 9.84 Å². The van der Waals surface area contributed by atoms with Crippen LogP contribution in [0.3, 0.4) is 0 Å². The first-order valence-electron chi connectivity index (χ1n) is 4.44. The summed E-state index contributed by atoms with van der Waals surface area (Å²) in [6.45, 7) is 0. The number of nitrogens with zero attached hydrogens (tertiary/aromatic N) is 1. The lowest BCUT2D eigenvalue weighted by Gasteiger charge is -2.11. The van der Waals surface area contributed by atoms with Crippen LogP contribution in [0.25, 0.3) is 0 Å². The molecule has 2 heterocycles. The van der Waals surface area contributed by atoms with E-state index in [4.69, 9.17) is 5.73 Å². The zero-order valence-corrected chi connectivity index (χ0v) is 8.74. The highest BCUT2D eigenvalue weighted by atomic mass is 32.2. The Balaban J connectivity index is 2.09. The topological polar surface area (TPSA) is 85.1 Å². The maximum Gasteiger partial charge on any atom is 0.173 e. The predicted octanol–water partition coefficient (Wildman–Crippen LogP) is 0.386. The Kier molecular flexibility index (Phi) is 2.36. The molecule has 3 N–H and O–H groups in total. The number of hydrogen-bond donors (Lipinski definition) is 2. The molecule has 0 bridgehead atoms. The molecule has 0 aliphatic carbocycles. The third kappa shape index (κ3) is 2.47. The lowest BCUT2D eigenvalue weighted by atomic mass is 10.3. The summed E-state index contributed by atoms with van der Waals surface area (Å²) < 4.78 is 22.3. The highest BCUT2D eigenvalue weighted by Gasteiger charge is 2.21. The van der Waals surface area contributed by atoms with Crippen LogP contribution in [0.2, 0.25) is 0 Å². The van der Waals surface area contributed by atoms with Crippen molar-refractivity contribution in [2.45, 2.75) is 6.04 Å². The van der Waals surface area contributed by atoms with Crippen LogP contribution in [0.4, 0.5) is 11.5 Å². The number of nitrogens with two attached hydrogens (primary N) is 1. The van der Waals surface area contributed by atoms with Crippen molar-refractivity contribution in [2.24, 2.45) is 0 Å². The molecule has 1 unspecified atom stereocenters. The number of hydrogen-bond acceptors (Lipinski definition) is 5. The largest absolute Gasteiger partial charge is 0.384 e. The fourth-order valence-corrected chi connectivity index (χ4v) is 2.65. The average molecular weight is 225 g/mol. The third-order valence-corrected chi connectivity index (χ3v) is 3.46. The van der Waals surface area contributed by atoms with Crippen molar-refractivity contribution in [3.63, 3.8) is 0 Å². The Morgan fingerprint density at radius 1 is 1.53 bits per heavy atom. The van der Waals surface area contributed by atoms with Crippen molar-refractivity contribution in [2.75, 3.05) is 16.8 Å². The molecule has 80 valence electrons. The molecule has 0 saturated carbocycles. The van der Waals surface area contributed by atoms with Gasteiger partial charge >= 0.3 is 0 Å². The standard InChI is InChI=1S/C9H11N3O2S/c10-9-5-7(1-3-11-9)12-8-2-4-15(13,14)6-8/h1-5,8H,6H2,(H3,10,11,12). The fourth-order valence-electron chi connectivity index (χ4n) is 1.42. The van der Waals surface area contributed by atoms with Crippen molar-refractivity contribution in [3.05, 3.63) is 29.8 Å². The molecule has 6 heteroatoms. The van der Waals surface area contributed by atoms with E-state index >= 15 is 0 Å². The van der Waals surface area contributed by atoms with Gasteiger partial charge in [0.05, 0.1) is 11.8 Å². The zero-order valence-electron chi connectivity index (χ0n) is 7.92. The SMILES string of the molecule is Nc1cc(NC2C=CS(=O)(=O)C2)ccn1. The number of sulfone groups is 1. The van der Waals surface area contributed by atoms with Crippen molar-refractivity contribution in [3.8, 4) is 0 Å². The van der Waals surface area contributed by atoms with E-state index in [1.54, 1.807) is 24.4 Å². The Labute approximate surface area is 87.9 Å². The molecule has 1 aromatic heterocycles. The van der Waals surface area contributed by atoms with Gasteiger partial charge in [-0.05, 0) is 6.07 Å². The lowest BCUT2D eigenvalue weighted by Crippen LogP contribution is -2.20. The van der Waals surface area contributed by atoms with Gasteiger partial charge in [0.1, 0.15) is 5.82 Å². The second-order valence-corrected chi connectivity index (χ2v) is 5.31. The minimum atomic E-state index is -3.02. The number of pyridine rings is 1. The van der Waals surface area contributed by atoms with Gasteiger partial charge < -0.3 is 11.1 Å². The Bertz CT molecular complexity index is 496. The Hall–Kier alpha value is -1.56. The van der Waals surface area contributed by atoms with Gasteiger partial charge in [0.2, 0.25) is 0 Å². The molecule has 0 radical (unpaired) electrons. The van der Waals surface area contributed by atoms with E-state index in [0.717, 1.165) is 5.69 Å². The van der Waals surface area contributed by atoms with Gasteiger partial charge in [-0.3, -0.25) is 0 Å². The van der Waals surface area contributed by atoms with E-state index in [0.29, 0.717) is 5.82 Å². The maximum absolute atomic E-state index is 11.1. The van der Waals surface area contributed by atoms with E-state index in [2.05, 4.69) is 10.3 Å². The number of anilines is 2. The van der Waals surface area contributed by atoms with Crippen LogP contribution in [0.1, 0.15) is 0 Å². The first-order chi connectivity index (χ1) is 7.05. The normalized spacial score (nSPS) is 22.8. The molecule has 1 aliphatic heterocycles. The molecular weight excluding hydrogens is 214 g/mol. The predicted molar refractivity (Wildman–Crippen MR) is 59.0 cm³/mol. The summed E-state index contributed by atoms with van der Waals surface area (Å²) in [6, 6.07) is 3.23. The molecule has 0 aromatic carbocycles. The van der Waals surface area contributed by atoms with Gasteiger partial charge in [-0.2, -0.15) is 0 Å². The van der Waals surface area contributed by atoms with Crippen LogP contribution >= 0.6 is 0 Å². The van der Waals surface area contributed by atoms with E-state index in [1.807, 2.05) is 0 Å². The van der Waals surface area contributed by atoms with Crippen LogP contribution in [-0.4, -0.2) is 25.2 Å². The first-order valence-corrected chi connectivity index (χ1v) is 6.16. The Morgan fingerprint density at radius 3 is 2.93 bits per heavy atom. The van der Waals surface area contributed by atoms with Crippen LogP contribution in [-0.2, 0) is 9.84 Å². The Morgan fingerprint density at radius 2 is 2.33 bits per heavy atom. The van der Waals surface area contributed by atoms with Crippen LogP contribution in [0, 0.1) is 0 Å². The zero-order chi connectivity index (χ0) is 10.9. The molecule has 5 nitrogen and oxygen atoms in total. The molecule has 0 fully saturated rings. The monoisotopic (exact) mass is 225 g/mol. The van der Waals surface area contributed by atoms with Crippen molar-refractivity contribution in [1.29, 1.82) is 0 Å². The maximum atomic E-state index is 11.1. The number of nitrogens with one attached hydrogen (secondary N) is 1. The highest BCUT2D eigenvalue weighted by molar-refractivity contribution is 7.94. The van der Waals surface area contributed by atoms with E-state index in [-0.39, 0.29) is 11.8 Å². The summed E-state index contributed by atoms with van der Waals surface area (Å²) >= 11 is 0.